The van der Waals surface area contributed by atoms with Crippen LogP contribution in [0, 0.1) is 6.92 Å². The number of hydrogen-bond acceptors (Lipinski definition) is 4. The normalized spacial score (nSPS) is 10.7. The number of aromatic nitrogens is 4. The van der Waals surface area contributed by atoms with Gasteiger partial charge in [0.05, 0.1) is 0 Å². The zero-order chi connectivity index (χ0) is 11.9. The molecule has 0 aliphatic heterocycles. The van der Waals surface area contributed by atoms with Gasteiger partial charge in [-0.05, 0) is 6.92 Å². The van der Waals surface area contributed by atoms with Crippen LogP contribution < -0.4 is 10.9 Å². The number of nitrogens with zero attached hydrogens (tertiary/aromatic N) is 3. The molecule has 0 aliphatic rings. The lowest BCUT2D eigenvalue weighted by atomic mass is 10.5. The maximum Gasteiger partial charge on any atom is 0.280 e. The third-order valence-electron chi connectivity index (χ3n) is 2.14. The lowest BCUT2D eigenvalue weighted by Crippen LogP contribution is -2.24. The summed E-state index contributed by atoms with van der Waals surface area (Å²) < 4.78 is 1.27. The van der Waals surface area contributed by atoms with Gasteiger partial charge in [-0.2, -0.15) is 4.98 Å². The van der Waals surface area contributed by atoms with E-state index in [4.69, 9.17) is 0 Å². The summed E-state index contributed by atoms with van der Waals surface area (Å²) in [5.74, 6) is 0.519. The number of H-pyrrole nitrogens is 1. The Balaban J connectivity index is 2.72. The molecule has 0 aromatic carbocycles. The van der Waals surface area contributed by atoms with E-state index in [2.05, 4.69) is 20.3 Å². The van der Waals surface area contributed by atoms with Crippen LogP contribution >= 0.6 is 0 Å². The number of carbonyl (C=O) groups excluding carboxylic acids is 1. The van der Waals surface area contributed by atoms with E-state index in [0.29, 0.717) is 17.0 Å². The van der Waals surface area contributed by atoms with Crippen LogP contribution in [0.15, 0.2) is 4.79 Å². The van der Waals surface area contributed by atoms with Crippen LogP contribution in [0.4, 0.5) is 5.95 Å². The predicted octanol–water partition coefficient (Wildman–Crippen LogP) is -0.0766. The summed E-state index contributed by atoms with van der Waals surface area (Å²) in [7, 11) is 1.54. The summed E-state index contributed by atoms with van der Waals surface area (Å²) in [4.78, 5) is 33.7. The van der Waals surface area contributed by atoms with Crippen LogP contribution in [-0.2, 0) is 11.8 Å². The van der Waals surface area contributed by atoms with Crippen molar-refractivity contribution >= 4 is 23.0 Å². The monoisotopic (exact) mass is 221 g/mol. The number of hydrogen-bond donors (Lipinski definition) is 2. The van der Waals surface area contributed by atoms with Crippen molar-refractivity contribution in [3.8, 4) is 0 Å². The molecule has 0 aliphatic carbocycles. The topological polar surface area (TPSA) is 92.7 Å². The number of imidazole rings is 1. The Kier molecular flexibility index (Phi) is 2.22. The van der Waals surface area contributed by atoms with Crippen LogP contribution in [0.5, 0.6) is 0 Å². The number of fused-ring (bicyclic) bond motifs is 1. The number of aromatic amines is 1. The van der Waals surface area contributed by atoms with Crippen molar-refractivity contribution in [2.75, 3.05) is 5.32 Å². The Hall–Kier alpha value is -2.18. The molecule has 0 unspecified atom stereocenters. The number of rotatable bonds is 1. The van der Waals surface area contributed by atoms with E-state index in [-0.39, 0.29) is 17.4 Å². The lowest BCUT2D eigenvalue weighted by Gasteiger charge is -2.05. The van der Waals surface area contributed by atoms with E-state index in [0.717, 1.165) is 0 Å². The number of aryl methyl sites for hydroxylation is 1. The fraction of sp³-hybridized carbons (Fsp3) is 0.333. The first-order chi connectivity index (χ1) is 7.49. The Labute approximate surface area is 90.5 Å². The second-order valence-electron chi connectivity index (χ2n) is 3.50. The first-order valence-corrected chi connectivity index (χ1v) is 4.70. The molecule has 84 valence electrons. The van der Waals surface area contributed by atoms with E-state index in [1.54, 1.807) is 6.92 Å². The minimum absolute atomic E-state index is 0.191. The van der Waals surface area contributed by atoms with E-state index in [9.17, 15) is 9.59 Å². The van der Waals surface area contributed by atoms with Crippen LogP contribution in [0.2, 0.25) is 0 Å². The molecule has 2 rings (SSSR count). The standard InChI is InChI=1S/C9H11N5O2/c1-4-10-6-7(11-4)13-9(12-5(2)15)14(3)8(6)16/h1-3H3,(H,10,11)(H,12,13,15). The summed E-state index contributed by atoms with van der Waals surface area (Å²) in [6.07, 6.45) is 0. The fourth-order valence-electron chi connectivity index (χ4n) is 1.42. The van der Waals surface area contributed by atoms with E-state index < -0.39 is 0 Å². The molecule has 2 aromatic heterocycles. The minimum Gasteiger partial charge on any atom is -0.336 e. The number of amides is 1. The van der Waals surface area contributed by atoms with Gasteiger partial charge in [-0.15, -0.1) is 0 Å². The van der Waals surface area contributed by atoms with Gasteiger partial charge in [-0.1, -0.05) is 0 Å². The molecule has 0 atom stereocenters. The molecule has 16 heavy (non-hydrogen) atoms. The average Bonchev–Trinajstić information content (AvgIpc) is 2.54. The van der Waals surface area contributed by atoms with Crippen molar-refractivity contribution in [2.45, 2.75) is 13.8 Å². The second kappa shape index (κ2) is 3.44. The van der Waals surface area contributed by atoms with Gasteiger partial charge in [0.25, 0.3) is 5.56 Å². The smallest absolute Gasteiger partial charge is 0.280 e. The molecule has 7 nitrogen and oxygen atoms in total. The highest BCUT2D eigenvalue weighted by atomic mass is 16.2. The Morgan fingerprint density at radius 2 is 2.12 bits per heavy atom. The summed E-state index contributed by atoms with van der Waals surface area (Å²) in [5.41, 5.74) is 0.382. The van der Waals surface area contributed by atoms with Crippen molar-refractivity contribution < 1.29 is 4.79 Å². The van der Waals surface area contributed by atoms with Gasteiger partial charge < -0.3 is 4.98 Å². The SMILES string of the molecule is CC(=O)Nc1nc2nc(C)[nH]c2c(=O)n1C. The van der Waals surface area contributed by atoms with Crippen molar-refractivity contribution in [1.29, 1.82) is 0 Å². The summed E-state index contributed by atoms with van der Waals surface area (Å²) >= 11 is 0. The molecule has 0 radical (unpaired) electrons. The van der Waals surface area contributed by atoms with Gasteiger partial charge in [-0.25, -0.2) is 4.98 Å². The molecule has 0 bridgehead atoms. The van der Waals surface area contributed by atoms with Gasteiger partial charge in [0.1, 0.15) is 5.82 Å². The van der Waals surface area contributed by atoms with Crippen LogP contribution in [0.25, 0.3) is 11.2 Å². The fourth-order valence-corrected chi connectivity index (χ4v) is 1.42. The van der Waals surface area contributed by atoms with Gasteiger partial charge in [-0.3, -0.25) is 19.5 Å². The van der Waals surface area contributed by atoms with Gasteiger partial charge in [0, 0.05) is 14.0 Å². The molecule has 7 heteroatoms. The Morgan fingerprint density at radius 3 is 2.75 bits per heavy atom. The third-order valence-corrected chi connectivity index (χ3v) is 2.14. The van der Waals surface area contributed by atoms with Crippen molar-refractivity contribution in [1.82, 2.24) is 19.5 Å². The molecule has 0 fully saturated rings. The predicted molar refractivity (Wildman–Crippen MR) is 58.2 cm³/mol. The van der Waals surface area contributed by atoms with Gasteiger partial charge >= 0.3 is 0 Å². The largest absolute Gasteiger partial charge is 0.336 e. The van der Waals surface area contributed by atoms with E-state index >= 15 is 0 Å². The number of nitrogens with one attached hydrogen (secondary N) is 2. The zero-order valence-corrected chi connectivity index (χ0v) is 9.16. The molecule has 0 saturated heterocycles. The first-order valence-electron chi connectivity index (χ1n) is 4.70. The Bertz CT molecular complexity index is 625. The lowest BCUT2D eigenvalue weighted by molar-refractivity contribution is -0.114. The molecular weight excluding hydrogens is 210 g/mol. The minimum atomic E-state index is -0.283. The quantitative estimate of drug-likeness (QED) is 0.704. The molecule has 2 N–H and O–H groups in total. The van der Waals surface area contributed by atoms with Gasteiger partial charge in [0.15, 0.2) is 11.2 Å². The van der Waals surface area contributed by atoms with E-state index in [1.165, 1.54) is 18.5 Å². The highest BCUT2D eigenvalue weighted by Crippen LogP contribution is 2.07. The highest BCUT2D eigenvalue weighted by Gasteiger charge is 2.11. The van der Waals surface area contributed by atoms with Crippen LogP contribution in [0.3, 0.4) is 0 Å². The summed E-state index contributed by atoms with van der Waals surface area (Å²) in [5, 5.41) is 2.47. The van der Waals surface area contributed by atoms with Crippen molar-refractivity contribution in [3.63, 3.8) is 0 Å². The molecule has 0 spiro atoms. The molecule has 2 aromatic rings. The van der Waals surface area contributed by atoms with Crippen LogP contribution in [-0.4, -0.2) is 25.4 Å². The number of carbonyl (C=O) groups is 1. The maximum atomic E-state index is 11.8. The van der Waals surface area contributed by atoms with Crippen molar-refractivity contribution in [3.05, 3.63) is 16.2 Å². The molecule has 2 heterocycles. The molecule has 0 saturated carbocycles. The summed E-state index contributed by atoms with van der Waals surface area (Å²) in [6.45, 7) is 3.09. The molecule has 1 amide bonds. The average molecular weight is 221 g/mol. The third kappa shape index (κ3) is 1.56. The van der Waals surface area contributed by atoms with Crippen molar-refractivity contribution in [2.24, 2.45) is 7.05 Å². The second-order valence-corrected chi connectivity index (χ2v) is 3.50. The van der Waals surface area contributed by atoms with E-state index in [1.807, 2.05) is 0 Å². The Morgan fingerprint density at radius 1 is 1.44 bits per heavy atom. The highest BCUT2D eigenvalue weighted by molar-refractivity contribution is 5.87. The van der Waals surface area contributed by atoms with Crippen LogP contribution in [0.1, 0.15) is 12.7 Å². The summed E-state index contributed by atoms with van der Waals surface area (Å²) in [6, 6.07) is 0. The number of anilines is 1. The van der Waals surface area contributed by atoms with Gasteiger partial charge in [0.2, 0.25) is 11.9 Å². The maximum absolute atomic E-state index is 11.8. The first kappa shape index (κ1) is 10.3. The zero-order valence-electron chi connectivity index (χ0n) is 9.16. The molecular formula is C9H11N5O2.